The van der Waals surface area contributed by atoms with Crippen molar-refractivity contribution in [3.05, 3.63) is 51.7 Å². The van der Waals surface area contributed by atoms with Gasteiger partial charge in [0.2, 0.25) is 10.0 Å². The number of ether oxygens (including phenoxy) is 1. The lowest BCUT2D eigenvalue weighted by atomic mass is 10.1. The Hall–Kier alpha value is -1.70. The number of benzene rings is 1. The van der Waals surface area contributed by atoms with Gasteiger partial charge in [-0.1, -0.05) is 24.3 Å². The third-order valence-corrected chi connectivity index (χ3v) is 5.47. The molecule has 7 heteroatoms. The Morgan fingerprint density at radius 1 is 1.29 bits per heavy atom. The molecule has 21 heavy (non-hydrogen) atoms. The van der Waals surface area contributed by atoms with Crippen LogP contribution in [0.15, 0.2) is 40.6 Å². The average Bonchev–Trinajstić information content (AvgIpc) is 2.96. The largest absolute Gasteiger partial charge is 0.465 e. The minimum Gasteiger partial charge on any atom is -0.465 e. The lowest BCUT2D eigenvalue weighted by molar-refractivity contribution is 0.0602. The van der Waals surface area contributed by atoms with Gasteiger partial charge in [0, 0.05) is 6.54 Å². The van der Waals surface area contributed by atoms with E-state index in [1.165, 1.54) is 13.2 Å². The molecular weight excluding hydrogens is 310 g/mol. The summed E-state index contributed by atoms with van der Waals surface area (Å²) in [6.45, 7) is 2.08. The van der Waals surface area contributed by atoms with Crippen LogP contribution in [0.3, 0.4) is 0 Å². The molecule has 1 aromatic heterocycles. The number of carbonyl (C=O) groups excluding carboxylic acids is 1. The van der Waals surface area contributed by atoms with Crippen molar-refractivity contribution in [2.24, 2.45) is 0 Å². The second kappa shape index (κ2) is 6.38. The Bertz CT molecular complexity index is 750. The molecule has 0 atom stereocenters. The standard InChI is InChI=1S/C14H15NO4S2/c1-10-5-3-4-6-11(10)9-15-21(17,18)12-7-8-20-13(12)14(16)19-2/h3-8,15H,9H2,1-2H3. The van der Waals surface area contributed by atoms with E-state index in [-0.39, 0.29) is 16.3 Å². The molecule has 5 nitrogen and oxygen atoms in total. The highest BCUT2D eigenvalue weighted by atomic mass is 32.2. The molecule has 0 aliphatic heterocycles. The summed E-state index contributed by atoms with van der Waals surface area (Å²) >= 11 is 1.04. The number of hydrogen-bond acceptors (Lipinski definition) is 5. The molecule has 1 heterocycles. The smallest absolute Gasteiger partial charge is 0.349 e. The Balaban J connectivity index is 2.22. The van der Waals surface area contributed by atoms with Gasteiger partial charge in [-0.05, 0) is 29.5 Å². The van der Waals surface area contributed by atoms with Crippen LogP contribution in [-0.2, 0) is 21.3 Å². The minimum absolute atomic E-state index is 0.0482. The predicted octanol–water partition coefficient (Wildman–Crippen LogP) is 2.32. The Kier molecular flexibility index (Phi) is 4.76. The lowest BCUT2D eigenvalue weighted by Gasteiger charge is -2.09. The summed E-state index contributed by atoms with van der Waals surface area (Å²) in [6, 6.07) is 8.90. The van der Waals surface area contributed by atoms with Crippen LogP contribution in [0.5, 0.6) is 0 Å². The fraction of sp³-hybridized carbons (Fsp3) is 0.214. The van der Waals surface area contributed by atoms with E-state index in [1.54, 1.807) is 5.38 Å². The molecule has 0 radical (unpaired) electrons. The van der Waals surface area contributed by atoms with Crippen LogP contribution in [0.1, 0.15) is 20.8 Å². The summed E-state index contributed by atoms with van der Waals surface area (Å²) in [7, 11) is -2.54. The van der Waals surface area contributed by atoms with Gasteiger partial charge in [-0.15, -0.1) is 11.3 Å². The summed E-state index contributed by atoms with van der Waals surface area (Å²) < 4.78 is 31.7. The van der Waals surface area contributed by atoms with E-state index in [0.717, 1.165) is 22.5 Å². The first kappa shape index (κ1) is 15.7. The average molecular weight is 325 g/mol. The molecule has 2 aromatic rings. The second-order valence-corrected chi connectivity index (χ2v) is 7.01. The van der Waals surface area contributed by atoms with Crippen LogP contribution in [0.25, 0.3) is 0 Å². The molecule has 1 aromatic carbocycles. The fourth-order valence-corrected chi connectivity index (χ4v) is 4.15. The summed E-state index contributed by atoms with van der Waals surface area (Å²) in [5.74, 6) is -0.652. The van der Waals surface area contributed by atoms with Gasteiger partial charge in [-0.2, -0.15) is 0 Å². The Morgan fingerprint density at radius 3 is 2.67 bits per heavy atom. The van der Waals surface area contributed by atoms with E-state index in [9.17, 15) is 13.2 Å². The van der Waals surface area contributed by atoms with Crippen LogP contribution in [0.2, 0.25) is 0 Å². The van der Waals surface area contributed by atoms with Crippen LogP contribution in [0, 0.1) is 6.92 Å². The first-order valence-electron chi connectivity index (χ1n) is 6.15. The van der Waals surface area contributed by atoms with Gasteiger partial charge in [-0.3, -0.25) is 0 Å². The van der Waals surface area contributed by atoms with Crippen molar-refractivity contribution in [1.82, 2.24) is 4.72 Å². The summed E-state index contributed by atoms with van der Waals surface area (Å²) in [6.07, 6.45) is 0. The summed E-state index contributed by atoms with van der Waals surface area (Å²) in [4.78, 5) is 11.6. The summed E-state index contributed by atoms with van der Waals surface area (Å²) in [5, 5.41) is 1.55. The SMILES string of the molecule is COC(=O)c1sccc1S(=O)(=O)NCc1ccccc1C. The van der Waals surface area contributed by atoms with E-state index < -0.39 is 16.0 Å². The zero-order valence-electron chi connectivity index (χ0n) is 11.6. The van der Waals surface area contributed by atoms with Crippen molar-refractivity contribution in [2.75, 3.05) is 7.11 Å². The molecule has 0 saturated heterocycles. The minimum atomic E-state index is -3.76. The van der Waals surface area contributed by atoms with E-state index in [4.69, 9.17) is 0 Å². The van der Waals surface area contributed by atoms with Crippen molar-refractivity contribution in [3.63, 3.8) is 0 Å². The molecular formula is C14H15NO4S2. The number of aryl methyl sites for hydroxylation is 1. The third kappa shape index (κ3) is 3.49. The third-order valence-electron chi connectivity index (χ3n) is 3.00. The number of nitrogens with one attached hydrogen (secondary N) is 1. The molecule has 0 saturated carbocycles. The zero-order chi connectivity index (χ0) is 15.5. The quantitative estimate of drug-likeness (QED) is 0.856. The van der Waals surface area contributed by atoms with Crippen LogP contribution >= 0.6 is 11.3 Å². The van der Waals surface area contributed by atoms with Crippen molar-refractivity contribution in [2.45, 2.75) is 18.4 Å². The number of esters is 1. The fourth-order valence-electron chi connectivity index (χ4n) is 1.81. The van der Waals surface area contributed by atoms with E-state index in [1.807, 2.05) is 31.2 Å². The van der Waals surface area contributed by atoms with Crippen molar-refractivity contribution in [1.29, 1.82) is 0 Å². The van der Waals surface area contributed by atoms with Gasteiger partial charge in [0.25, 0.3) is 0 Å². The van der Waals surface area contributed by atoms with Crippen molar-refractivity contribution >= 4 is 27.3 Å². The lowest BCUT2D eigenvalue weighted by Crippen LogP contribution is -2.24. The number of hydrogen-bond donors (Lipinski definition) is 1. The molecule has 1 N–H and O–H groups in total. The van der Waals surface area contributed by atoms with Gasteiger partial charge in [0.05, 0.1) is 7.11 Å². The van der Waals surface area contributed by atoms with Gasteiger partial charge in [0.15, 0.2) is 0 Å². The van der Waals surface area contributed by atoms with Crippen molar-refractivity contribution in [3.8, 4) is 0 Å². The first-order valence-corrected chi connectivity index (χ1v) is 8.52. The second-order valence-electron chi connectivity index (χ2n) is 4.36. The molecule has 0 amide bonds. The number of thiophene rings is 1. The Morgan fingerprint density at radius 2 is 2.00 bits per heavy atom. The molecule has 0 aliphatic carbocycles. The maximum absolute atomic E-state index is 12.3. The summed E-state index contributed by atoms with van der Waals surface area (Å²) in [5.41, 5.74) is 1.88. The molecule has 0 unspecified atom stereocenters. The molecule has 0 spiro atoms. The highest BCUT2D eigenvalue weighted by molar-refractivity contribution is 7.89. The maximum Gasteiger partial charge on any atom is 0.349 e. The van der Waals surface area contributed by atoms with Gasteiger partial charge < -0.3 is 4.74 Å². The monoisotopic (exact) mass is 325 g/mol. The number of sulfonamides is 1. The van der Waals surface area contributed by atoms with Crippen LogP contribution < -0.4 is 4.72 Å². The van der Waals surface area contributed by atoms with Gasteiger partial charge >= 0.3 is 5.97 Å². The number of rotatable bonds is 5. The van der Waals surface area contributed by atoms with E-state index in [0.29, 0.717) is 0 Å². The van der Waals surface area contributed by atoms with Crippen molar-refractivity contribution < 1.29 is 17.9 Å². The first-order chi connectivity index (χ1) is 9.95. The zero-order valence-corrected chi connectivity index (χ0v) is 13.3. The molecule has 112 valence electrons. The number of methoxy groups -OCH3 is 1. The maximum atomic E-state index is 12.3. The topological polar surface area (TPSA) is 72.5 Å². The Labute approximate surface area is 127 Å². The van der Waals surface area contributed by atoms with E-state index in [2.05, 4.69) is 9.46 Å². The normalized spacial score (nSPS) is 11.3. The van der Waals surface area contributed by atoms with Crippen LogP contribution in [-0.4, -0.2) is 21.5 Å². The van der Waals surface area contributed by atoms with Crippen LogP contribution in [0.4, 0.5) is 0 Å². The molecule has 0 aliphatic rings. The predicted molar refractivity (Wildman–Crippen MR) is 80.9 cm³/mol. The van der Waals surface area contributed by atoms with Gasteiger partial charge in [-0.25, -0.2) is 17.9 Å². The molecule has 0 bridgehead atoms. The molecule has 0 fully saturated rings. The number of carbonyl (C=O) groups is 1. The highest BCUT2D eigenvalue weighted by Crippen LogP contribution is 2.23. The highest BCUT2D eigenvalue weighted by Gasteiger charge is 2.24. The van der Waals surface area contributed by atoms with Gasteiger partial charge in [0.1, 0.15) is 9.77 Å². The molecule has 2 rings (SSSR count). The van der Waals surface area contributed by atoms with E-state index >= 15 is 0 Å².